The third kappa shape index (κ3) is 5.99. The molecule has 6 heteroatoms. The topological polar surface area (TPSA) is 43.6 Å². The van der Waals surface area contributed by atoms with Gasteiger partial charge in [-0.05, 0) is 42.9 Å². The Labute approximate surface area is 179 Å². The van der Waals surface area contributed by atoms with E-state index in [9.17, 15) is 4.79 Å². The van der Waals surface area contributed by atoms with Gasteiger partial charge in [-0.2, -0.15) is 16.8 Å². The highest BCUT2D eigenvalue weighted by atomic mass is 32.2. The van der Waals surface area contributed by atoms with Gasteiger partial charge in [0, 0.05) is 12.2 Å². The normalized spacial score (nSPS) is 11.5. The quantitative estimate of drug-likeness (QED) is 0.363. The summed E-state index contributed by atoms with van der Waals surface area (Å²) in [5.74, 6) is 5.26. The highest BCUT2D eigenvalue weighted by Crippen LogP contribution is 2.23. The molecule has 1 aromatic heterocycles. The first-order valence-electron chi connectivity index (χ1n) is 9.60. The second-order valence-corrected chi connectivity index (χ2v) is 8.50. The molecule has 0 unspecified atom stereocenters. The Morgan fingerprint density at radius 3 is 2.86 bits per heavy atom. The van der Waals surface area contributed by atoms with Crippen molar-refractivity contribution >= 4 is 39.2 Å². The Kier molecular flexibility index (Phi) is 7.97. The van der Waals surface area contributed by atoms with Crippen molar-refractivity contribution in [3.05, 3.63) is 58.9 Å². The minimum Gasteiger partial charge on any atom is -0.494 e. The van der Waals surface area contributed by atoms with Crippen molar-refractivity contribution in [1.29, 1.82) is 0 Å². The van der Waals surface area contributed by atoms with Gasteiger partial charge in [-0.25, -0.2) is 0 Å². The average molecular weight is 425 g/mol. The number of fused-ring (bicyclic) bond motifs is 1. The van der Waals surface area contributed by atoms with Crippen LogP contribution in [0.3, 0.4) is 0 Å². The highest BCUT2D eigenvalue weighted by molar-refractivity contribution is 7.98. The van der Waals surface area contributed by atoms with Crippen LogP contribution < -0.4 is 9.54 Å². The molecule has 0 aliphatic heterocycles. The summed E-state index contributed by atoms with van der Waals surface area (Å²) in [4.78, 5) is 17.4. The summed E-state index contributed by atoms with van der Waals surface area (Å²) in [5, 5.41) is 0. The number of nitrogens with zero attached hydrogens (tertiary/aromatic N) is 2. The van der Waals surface area contributed by atoms with Crippen LogP contribution in [0.1, 0.15) is 25.3 Å². The number of amides is 1. The SMILES string of the molecule is C#CCn1c(=NC(=O)CCCSCc2ccccc2)sc2cc(OCC)ccc21. The Morgan fingerprint density at radius 1 is 1.28 bits per heavy atom. The molecule has 3 rings (SSSR count). The number of carbonyl (C=O) groups excluding carboxylic acids is 1. The fourth-order valence-corrected chi connectivity index (χ4v) is 4.89. The van der Waals surface area contributed by atoms with Gasteiger partial charge in [-0.1, -0.05) is 47.6 Å². The van der Waals surface area contributed by atoms with Crippen molar-refractivity contribution in [2.45, 2.75) is 32.1 Å². The minimum absolute atomic E-state index is 0.104. The second-order valence-electron chi connectivity index (χ2n) is 6.38. The first kappa shape index (κ1) is 21.2. The summed E-state index contributed by atoms with van der Waals surface area (Å²) in [6.07, 6.45) is 6.78. The van der Waals surface area contributed by atoms with Crippen molar-refractivity contribution in [2.75, 3.05) is 12.4 Å². The average Bonchev–Trinajstić information content (AvgIpc) is 3.05. The molecule has 3 aromatic rings. The third-order valence-electron chi connectivity index (χ3n) is 4.23. The molecule has 0 aliphatic rings. The number of rotatable bonds is 9. The van der Waals surface area contributed by atoms with Crippen LogP contribution in [-0.2, 0) is 17.1 Å². The number of hydrogen-bond donors (Lipinski definition) is 0. The Hall–Kier alpha value is -2.49. The molecule has 0 saturated heterocycles. The summed E-state index contributed by atoms with van der Waals surface area (Å²) in [6, 6.07) is 16.2. The lowest BCUT2D eigenvalue weighted by molar-refractivity contribution is -0.118. The molecule has 0 N–H and O–H groups in total. The number of hydrogen-bond acceptors (Lipinski definition) is 4. The van der Waals surface area contributed by atoms with Gasteiger partial charge in [-0.3, -0.25) is 4.79 Å². The molecule has 1 amide bonds. The van der Waals surface area contributed by atoms with Crippen LogP contribution in [0.25, 0.3) is 10.2 Å². The number of thiazole rings is 1. The lowest BCUT2D eigenvalue weighted by Crippen LogP contribution is -2.16. The maximum atomic E-state index is 12.4. The molecular formula is C23H24N2O2S2. The predicted octanol–water partition coefficient (Wildman–Crippen LogP) is 4.88. The number of carbonyl (C=O) groups is 1. The van der Waals surface area contributed by atoms with E-state index in [2.05, 4.69) is 23.0 Å². The van der Waals surface area contributed by atoms with Crippen LogP contribution in [0, 0.1) is 12.3 Å². The van der Waals surface area contributed by atoms with Gasteiger partial charge in [0.2, 0.25) is 5.91 Å². The highest BCUT2D eigenvalue weighted by Gasteiger charge is 2.09. The lowest BCUT2D eigenvalue weighted by atomic mass is 10.2. The van der Waals surface area contributed by atoms with E-state index in [4.69, 9.17) is 11.2 Å². The number of terminal acetylenes is 1. The minimum atomic E-state index is -0.104. The van der Waals surface area contributed by atoms with Gasteiger partial charge in [-0.15, -0.1) is 6.42 Å². The molecule has 0 fully saturated rings. The van der Waals surface area contributed by atoms with Gasteiger partial charge in [0.25, 0.3) is 0 Å². The van der Waals surface area contributed by atoms with E-state index >= 15 is 0 Å². The maximum absolute atomic E-state index is 12.4. The van der Waals surface area contributed by atoms with Crippen LogP contribution in [-0.4, -0.2) is 22.8 Å². The van der Waals surface area contributed by atoms with Gasteiger partial charge < -0.3 is 9.30 Å². The number of ether oxygens (including phenoxy) is 1. The molecule has 0 bridgehead atoms. The number of aromatic nitrogens is 1. The fraction of sp³-hybridized carbons (Fsp3) is 0.304. The summed E-state index contributed by atoms with van der Waals surface area (Å²) >= 11 is 3.31. The van der Waals surface area contributed by atoms with E-state index < -0.39 is 0 Å². The van der Waals surface area contributed by atoms with Crippen LogP contribution >= 0.6 is 23.1 Å². The first-order valence-corrected chi connectivity index (χ1v) is 11.6. The summed E-state index contributed by atoms with van der Waals surface area (Å²) in [6.45, 7) is 2.95. The van der Waals surface area contributed by atoms with Crippen molar-refractivity contribution < 1.29 is 9.53 Å². The molecule has 0 atom stereocenters. The van der Waals surface area contributed by atoms with E-state index in [1.165, 1.54) is 16.9 Å². The molecule has 1 heterocycles. The third-order valence-corrected chi connectivity index (χ3v) is 6.38. The van der Waals surface area contributed by atoms with E-state index in [-0.39, 0.29) is 5.91 Å². The Balaban J connectivity index is 1.64. The molecule has 0 spiro atoms. The largest absolute Gasteiger partial charge is 0.494 e. The zero-order chi connectivity index (χ0) is 20.5. The second kappa shape index (κ2) is 10.9. The Bertz CT molecular complexity index is 1060. The molecule has 0 aliphatic carbocycles. The van der Waals surface area contributed by atoms with E-state index in [0.717, 1.165) is 33.9 Å². The summed E-state index contributed by atoms with van der Waals surface area (Å²) < 4.78 is 8.49. The molecule has 2 aromatic carbocycles. The van der Waals surface area contributed by atoms with Crippen molar-refractivity contribution in [2.24, 2.45) is 4.99 Å². The van der Waals surface area contributed by atoms with Crippen molar-refractivity contribution in [3.8, 4) is 18.1 Å². The van der Waals surface area contributed by atoms with Gasteiger partial charge in [0.05, 0.1) is 23.4 Å². The number of benzene rings is 2. The lowest BCUT2D eigenvalue weighted by Gasteiger charge is -2.03. The smallest absolute Gasteiger partial charge is 0.248 e. The van der Waals surface area contributed by atoms with Gasteiger partial charge in [0.15, 0.2) is 4.80 Å². The standard InChI is InChI=1S/C23H24N2O2S2/c1-3-14-25-20-13-12-19(27-4-2)16-21(20)29-23(25)24-22(26)11-8-15-28-17-18-9-6-5-7-10-18/h1,5-7,9-10,12-13,16H,4,8,11,14-15,17H2,2H3. The van der Waals surface area contributed by atoms with E-state index in [1.54, 1.807) is 0 Å². The molecule has 0 radical (unpaired) electrons. The zero-order valence-corrected chi connectivity index (χ0v) is 18.1. The van der Waals surface area contributed by atoms with Crippen molar-refractivity contribution in [1.82, 2.24) is 4.57 Å². The van der Waals surface area contributed by atoms with E-state index in [0.29, 0.717) is 24.4 Å². The summed E-state index contributed by atoms with van der Waals surface area (Å²) in [5.41, 5.74) is 2.28. The maximum Gasteiger partial charge on any atom is 0.248 e. The summed E-state index contributed by atoms with van der Waals surface area (Å²) in [7, 11) is 0. The Morgan fingerprint density at radius 2 is 2.10 bits per heavy atom. The monoisotopic (exact) mass is 424 g/mol. The number of thioether (sulfide) groups is 1. The molecular weight excluding hydrogens is 400 g/mol. The van der Waals surface area contributed by atoms with Crippen LogP contribution in [0.5, 0.6) is 5.75 Å². The van der Waals surface area contributed by atoms with Crippen molar-refractivity contribution in [3.63, 3.8) is 0 Å². The molecule has 4 nitrogen and oxygen atoms in total. The fourth-order valence-electron chi connectivity index (χ4n) is 2.89. The molecule has 29 heavy (non-hydrogen) atoms. The van der Waals surface area contributed by atoms with E-state index in [1.807, 2.05) is 59.7 Å². The zero-order valence-electron chi connectivity index (χ0n) is 16.5. The molecule has 150 valence electrons. The van der Waals surface area contributed by atoms with Crippen LogP contribution in [0.4, 0.5) is 0 Å². The predicted molar refractivity (Wildman–Crippen MR) is 122 cm³/mol. The first-order chi connectivity index (χ1) is 14.2. The van der Waals surface area contributed by atoms with Crippen LogP contribution in [0.15, 0.2) is 53.5 Å². The van der Waals surface area contributed by atoms with Gasteiger partial charge >= 0.3 is 0 Å². The molecule has 0 saturated carbocycles. The van der Waals surface area contributed by atoms with Gasteiger partial charge in [0.1, 0.15) is 5.75 Å². The van der Waals surface area contributed by atoms with Crippen LogP contribution in [0.2, 0.25) is 0 Å².